The molecule has 2 aromatic rings. The van der Waals surface area contributed by atoms with Crippen molar-refractivity contribution in [1.82, 2.24) is 15.1 Å². The van der Waals surface area contributed by atoms with Crippen LogP contribution in [0.2, 0.25) is 0 Å². The van der Waals surface area contributed by atoms with Gasteiger partial charge in [0.1, 0.15) is 0 Å². The smallest absolute Gasteiger partial charge is 0.188 e. The molecule has 112 valence electrons. The van der Waals surface area contributed by atoms with Crippen LogP contribution in [-0.2, 0) is 6.42 Å². The van der Waals surface area contributed by atoms with Gasteiger partial charge in [-0.3, -0.25) is 4.99 Å². The molecule has 3 N–H and O–H groups in total. The molecule has 1 aromatic carbocycles. The van der Waals surface area contributed by atoms with Gasteiger partial charge in [0, 0.05) is 24.5 Å². The van der Waals surface area contributed by atoms with Crippen molar-refractivity contribution in [1.29, 1.82) is 0 Å². The predicted molar refractivity (Wildman–Crippen MR) is 86.6 cm³/mol. The summed E-state index contributed by atoms with van der Waals surface area (Å²) in [5.41, 5.74) is 8.07. The van der Waals surface area contributed by atoms with Crippen molar-refractivity contribution in [2.45, 2.75) is 32.7 Å². The molecule has 0 saturated heterocycles. The first kappa shape index (κ1) is 15.1. The largest absolute Gasteiger partial charge is 0.370 e. The highest BCUT2D eigenvalue weighted by molar-refractivity contribution is 5.78. The third-order valence-electron chi connectivity index (χ3n) is 2.89. The molecule has 0 unspecified atom stereocenters. The van der Waals surface area contributed by atoms with Crippen LogP contribution in [0.4, 0.5) is 0 Å². The van der Waals surface area contributed by atoms with E-state index in [1.54, 1.807) is 6.20 Å². The van der Waals surface area contributed by atoms with Crippen LogP contribution in [0.5, 0.6) is 0 Å². The highest BCUT2D eigenvalue weighted by atomic mass is 15.3. The lowest BCUT2D eigenvalue weighted by Gasteiger charge is -2.20. The van der Waals surface area contributed by atoms with Gasteiger partial charge in [0.25, 0.3) is 0 Å². The van der Waals surface area contributed by atoms with Crippen molar-refractivity contribution < 1.29 is 0 Å². The van der Waals surface area contributed by atoms with Gasteiger partial charge in [0.05, 0.1) is 5.69 Å². The van der Waals surface area contributed by atoms with Crippen molar-refractivity contribution in [3.8, 4) is 5.69 Å². The second kappa shape index (κ2) is 6.43. The zero-order chi connectivity index (χ0) is 15.3. The van der Waals surface area contributed by atoms with E-state index in [4.69, 9.17) is 5.73 Å². The summed E-state index contributed by atoms with van der Waals surface area (Å²) < 4.78 is 1.84. The van der Waals surface area contributed by atoms with Crippen LogP contribution in [0, 0.1) is 0 Å². The van der Waals surface area contributed by atoms with Crippen LogP contribution in [0.3, 0.4) is 0 Å². The monoisotopic (exact) mass is 285 g/mol. The van der Waals surface area contributed by atoms with Crippen molar-refractivity contribution in [2.24, 2.45) is 10.7 Å². The van der Waals surface area contributed by atoms with Gasteiger partial charge in [-0.1, -0.05) is 12.1 Å². The summed E-state index contributed by atoms with van der Waals surface area (Å²) in [4.78, 5) is 4.34. The lowest BCUT2D eigenvalue weighted by Crippen LogP contribution is -2.45. The molecule has 0 radical (unpaired) electrons. The fraction of sp³-hybridized carbons (Fsp3) is 0.375. The van der Waals surface area contributed by atoms with Crippen molar-refractivity contribution in [2.75, 3.05) is 6.54 Å². The number of nitrogens with two attached hydrogens (primary N) is 1. The summed E-state index contributed by atoms with van der Waals surface area (Å²) in [5, 5.41) is 7.35. The van der Waals surface area contributed by atoms with Crippen molar-refractivity contribution in [3.63, 3.8) is 0 Å². The zero-order valence-electron chi connectivity index (χ0n) is 12.9. The Bertz CT molecular complexity index is 576. The third-order valence-corrected chi connectivity index (χ3v) is 2.89. The maximum atomic E-state index is 5.84. The van der Waals surface area contributed by atoms with E-state index in [1.165, 1.54) is 5.56 Å². The first-order valence-corrected chi connectivity index (χ1v) is 7.11. The van der Waals surface area contributed by atoms with Gasteiger partial charge < -0.3 is 11.1 Å². The summed E-state index contributed by atoms with van der Waals surface area (Å²) in [5.74, 6) is 0.496. The number of guanidine groups is 1. The molecule has 5 heteroatoms. The fourth-order valence-electron chi connectivity index (χ4n) is 1.97. The maximum Gasteiger partial charge on any atom is 0.188 e. The highest BCUT2D eigenvalue weighted by Gasteiger charge is 2.09. The first-order chi connectivity index (χ1) is 9.94. The van der Waals surface area contributed by atoms with E-state index >= 15 is 0 Å². The van der Waals surface area contributed by atoms with Crippen LogP contribution >= 0.6 is 0 Å². The van der Waals surface area contributed by atoms with Gasteiger partial charge in [-0.25, -0.2) is 4.68 Å². The first-order valence-electron chi connectivity index (χ1n) is 7.11. The summed E-state index contributed by atoms with van der Waals surface area (Å²) in [6.45, 7) is 6.85. The van der Waals surface area contributed by atoms with Gasteiger partial charge in [-0.2, -0.15) is 5.10 Å². The molecule has 0 amide bonds. The van der Waals surface area contributed by atoms with Gasteiger partial charge in [-0.05, 0) is 51.0 Å². The number of benzene rings is 1. The number of aromatic nitrogens is 2. The zero-order valence-corrected chi connectivity index (χ0v) is 12.9. The number of nitrogens with one attached hydrogen (secondary N) is 1. The van der Waals surface area contributed by atoms with E-state index in [0.29, 0.717) is 12.5 Å². The minimum atomic E-state index is -0.0566. The summed E-state index contributed by atoms with van der Waals surface area (Å²) in [6.07, 6.45) is 4.57. The standard InChI is InChI=1S/C16H23N5/c1-16(2,3)20-15(17)18-11-9-13-5-7-14(8-6-13)21-12-4-10-19-21/h4-8,10,12H,9,11H2,1-3H3,(H3,17,18,20). The highest BCUT2D eigenvalue weighted by Crippen LogP contribution is 2.09. The number of nitrogens with zero attached hydrogens (tertiary/aromatic N) is 3. The van der Waals surface area contributed by atoms with Crippen LogP contribution in [0.25, 0.3) is 5.69 Å². The molecule has 0 atom stereocenters. The van der Waals surface area contributed by atoms with Crippen molar-refractivity contribution in [3.05, 3.63) is 48.3 Å². The normalized spacial score (nSPS) is 12.4. The SMILES string of the molecule is CC(C)(C)NC(N)=NCCc1ccc(-n2cccn2)cc1. The molecular weight excluding hydrogens is 262 g/mol. The van der Waals surface area contributed by atoms with Crippen LogP contribution in [0.15, 0.2) is 47.7 Å². The van der Waals surface area contributed by atoms with Crippen molar-refractivity contribution >= 4 is 5.96 Å². The van der Waals surface area contributed by atoms with E-state index in [9.17, 15) is 0 Å². The van der Waals surface area contributed by atoms with Gasteiger partial charge >= 0.3 is 0 Å². The Morgan fingerprint density at radius 1 is 1.29 bits per heavy atom. The van der Waals surface area contributed by atoms with E-state index in [2.05, 4.69) is 60.4 Å². The molecule has 1 heterocycles. The second-order valence-corrected chi connectivity index (χ2v) is 6.01. The molecule has 0 saturated carbocycles. The van der Waals surface area contributed by atoms with Gasteiger partial charge in [0.15, 0.2) is 5.96 Å². The van der Waals surface area contributed by atoms with E-state index in [-0.39, 0.29) is 5.54 Å². The molecule has 5 nitrogen and oxygen atoms in total. The average molecular weight is 285 g/mol. The summed E-state index contributed by atoms with van der Waals surface area (Å²) >= 11 is 0. The van der Waals surface area contributed by atoms with E-state index in [1.807, 2.05) is 16.9 Å². The number of hydrogen-bond acceptors (Lipinski definition) is 2. The van der Waals surface area contributed by atoms with Crippen LogP contribution in [-0.4, -0.2) is 27.8 Å². The molecule has 0 aliphatic heterocycles. The van der Waals surface area contributed by atoms with E-state index < -0.39 is 0 Å². The Morgan fingerprint density at radius 3 is 2.57 bits per heavy atom. The maximum absolute atomic E-state index is 5.84. The minimum absolute atomic E-state index is 0.0566. The number of rotatable bonds is 4. The summed E-state index contributed by atoms with van der Waals surface area (Å²) in [6, 6.07) is 10.2. The molecular formula is C16H23N5. The minimum Gasteiger partial charge on any atom is -0.370 e. The Kier molecular flexibility index (Phi) is 4.62. The molecule has 0 spiro atoms. The topological polar surface area (TPSA) is 68.2 Å². The molecule has 2 rings (SSSR count). The van der Waals surface area contributed by atoms with Crippen LogP contribution in [0.1, 0.15) is 26.3 Å². The molecule has 0 bridgehead atoms. The lowest BCUT2D eigenvalue weighted by molar-refractivity contribution is 0.508. The van der Waals surface area contributed by atoms with Gasteiger partial charge in [0.2, 0.25) is 0 Å². The van der Waals surface area contributed by atoms with Gasteiger partial charge in [-0.15, -0.1) is 0 Å². The average Bonchev–Trinajstić information content (AvgIpc) is 2.91. The lowest BCUT2D eigenvalue weighted by atomic mass is 10.1. The molecule has 0 fully saturated rings. The predicted octanol–water partition coefficient (Wildman–Crippen LogP) is 2.12. The molecule has 21 heavy (non-hydrogen) atoms. The Balaban J connectivity index is 1.88. The Labute approximate surface area is 125 Å². The molecule has 0 aliphatic rings. The van der Waals surface area contributed by atoms with E-state index in [0.717, 1.165) is 12.1 Å². The fourth-order valence-corrected chi connectivity index (χ4v) is 1.97. The summed E-state index contributed by atoms with van der Waals surface area (Å²) in [7, 11) is 0. The Morgan fingerprint density at radius 2 is 2.00 bits per heavy atom. The number of aliphatic imine (C=N–C) groups is 1. The number of hydrogen-bond donors (Lipinski definition) is 2. The second-order valence-electron chi connectivity index (χ2n) is 6.01. The van der Waals surface area contributed by atoms with Crippen LogP contribution < -0.4 is 11.1 Å². The molecule has 1 aromatic heterocycles. The Hall–Kier alpha value is -2.30. The molecule has 0 aliphatic carbocycles. The quantitative estimate of drug-likeness (QED) is 0.668. The third kappa shape index (κ3) is 4.95.